The predicted octanol–water partition coefficient (Wildman–Crippen LogP) is 1.56. The van der Waals surface area contributed by atoms with Crippen LogP contribution in [0.3, 0.4) is 0 Å². The van der Waals surface area contributed by atoms with Crippen molar-refractivity contribution >= 4 is 5.91 Å². The summed E-state index contributed by atoms with van der Waals surface area (Å²) in [4.78, 5) is 11.9. The molecule has 0 aromatic heterocycles. The summed E-state index contributed by atoms with van der Waals surface area (Å²) in [6.07, 6.45) is 2.96. The number of amides is 1. The number of carbonyl (C=O) groups excluding carboxylic acids is 1. The molecule has 0 aliphatic carbocycles. The van der Waals surface area contributed by atoms with Crippen LogP contribution in [0.4, 0.5) is 0 Å². The van der Waals surface area contributed by atoms with Gasteiger partial charge >= 0.3 is 0 Å². The largest absolute Gasteiger partial charge is 0.493 e. The van der Waals surface area contributed by atoms with E-state index in [-0.39, 0.29) is 5.91 Å². The molecule has 0 unspecified atom stereocenters. The molecule has 0 heterocycles. The van der Waals surface area contributed by atoms with Gasteiger partial charge < -0.3 is 20.5 Å². The maximum atomic E-state index is 11.9. The summed E-state index contributed by atoms with van der Waals surface area (Å²) in [5.74, 6) is 1.06. The van der Waals surface area contributed by atoms with Crippen LogP contribution >= 0.6 is 0 Å². The molecule has 106 valence electrons. The molecule has 0 atom stereocenters. The van der Waals surface area contributed by atoms with Gasteiger partial charge in [-0.1, -0.05) is 6.42 Å². The highest BCUT2D eigenvalue weighted by molar-refractivity contribution is 5.94. The Morgan fingerprint density at radius 3 is 2.53 bits per heavy atom. The molecule has 0 aliphatic rings. The van der Waals surface area contributed by atoms with Crippen LogP contribution in [0.25, 0.3) is 0 Å². The van der Waals surface area contributed by atoms with Gasteiger partial charge in [0.2, 0.25) is 0 Å². The standard InChI is InChI=1S/C14H22N2O3/c1-18-12-7-6-11(10-13(12)19-2)14(17)16-9-5-3-4-8-15/h6-7,10H,3-5,8-9,15H2,1-2H3,(H,16,17). The zero-order valence-corrected chi connectivity index (χ0v) is 11.6. The molecule has 1 amide bonds. The van der Waals surface area contributed by atoms with Gasteiger partial charge in [-0.25, -0.2) is 0 Å². The van der Waals surface area contributed by atoms with E-state index >= 15 is 0 Å². The van der Waals surface area contributed by atoms with Gasteiger partial charge in [-0.15, -0.1) is 0 Å². The molecule has 0 bridgehead atoms. The molecule has 5 nitrogen and oxygen atoms in total. The minimum atomic E-state index is -0.103. The number of nitrogens with one attached hydrogen (secondary N) is 1. The molecule has 0 saturated heterocycles. The Morgan fingerprint density at radius 1 is 1.16 bits per heavy atom. The average Bonchev–Trinajstić information content (AvgIpc) is 2.46. The van der Waals surface area contributed by atoms with Gasteiger partial charge in [-0.05, 0) is 37.6 Å². The van der Waals surface area contributed by atoms with Crippen LogP contribution in [-0.4, -0.2) is 33.2 Å². The Labute approximate surface area is 114 Å². The van der Waals surface area contributed by atoms with Crippen LogP contribution in [0.1, 0.15) is 29.6 Å². The fourth-order valence-corrected chi connectivity index (χ4v) is 1.73. The van der Waals surface area contributed by atoms with Crippen LogP contribution in [0.5, 0.6) is 11.5 Å². The van der Waals surface area contributed by atoms with Crippen LogP contribution in [0.15, 0.2) is 18.2 Å². The minimum Gasteiger partial charge on any atom is -0.493 e. The van der Waals surface area contributed by atoms with Gasteiger partial charge in [0.05, 0.1) is 14.2 Å². The van der Waals surface area contributed by atoms with E-state index in [4.69, 9.17) is 15.2 Å². The van der Waals surface area contributed by atoms with Gasteiger partial charge in [-0.3, -0.25) is 4.79 Å². The van der Waals surface area contributed by atoms with Crippen molar-refractivity contribution in [3.63, 3.8) is 0 Å². The molecule has 1 rings (SSSR count). The highest BCUT2D eigenvalue weighted by atomic mass is 16.5. The summed E-state index contributed by atoms with van der Waals surface area (Å²) in [5.41, 5.74) is 5.97. The summed E-state index contributed by atoms with van der Waals surface area (Å²) >= 11 is 0. The lowest BCUT2D eigenvalue weighted by molar-refractivity contribution is 0.0952. The van der Waals surface area contributed by atoms with Crippen LogP contribution in [-0.2, 0) is 0 Å². The number of hydrogen-bond donors (Lipinski definition) is 2. The number of carbonyl (C=O) groups is 1. The minimum absolute atomic E-state index is 0.103. The van der Waals surface area contributed by atoms with Crippen LogP contribution in [0.2, 0.25) is 0 Å². The van der Waals surface area contributed by atoms with Crippen LogP contribution < -0.4 is 20.5 Å². The van der Waals surface area contributed by atoms with E-state index in [1.54, 1.807) is 32.4 Å². The molecule has 19 heavy (non-hydrogen) atoms. The topological polar surface area (TPSA) is 73.6 Å². The first-order chi connectivity index (χ1) is 9.22. The first kappa shape index (κ1) is 15.3. The quantitative estimate of drug-likeness (QED) is 0.700. The molecule has 1 aromatic rings. The Hall–Kier alpha value is -1.75. The summed E-state index contributed by atoms with van der Waals surface area (Å²) in [6.45, 7) is 1.36. The monoisotopic (exact) mass is 266 g/mol. The smallest absolute Gasteiger partial charge is 0.251 e. The first-order valence-electron chi connectivity index (χ1n) is 6.43. The van der Waals surface area contributed by atoms with Crippen molar-refractivity contribution in [2.24, 2.45) is 5.73 Å². The molecule has 5 heteroatoms. The Morgan fingerprint density at radius 2 is 1.89 bits per heavy atom. The molecule has 3 N–H and O–H groups in total. The Kier molecular flexibility index (Phi) is 6.74. The fraction of sp³-hybridized carbons (Fsp3) is 0.500. The Bertz CT molecular complexity index is 408. The van der Waals surface area contributed by atoms with Gasteiger partial charge in [0.1, 0.15) is 0 Å². The number of ether oxygens (including phenoxy) is 2. The summed E-state index contributed by atoms with van der Waals surface area (Å²) in [7, 11) is 3.11. The van der Waals surface area contributed by atoms with Gasteiger partial charge in [-0.2, -0.15) is 0 Å². The third-order valence-corrected chi connectivity index (χ3v) is 2.81. The normalized spacial score (nSPS) is 10.1. The third-order valence-electron chi connectivity index (χ3n) is 2.81. The van der Waals surface area contributed by atoms with E-state index in [0.717, 1.165) is 19.3 Å². The van der Waals surface area contributed by atoms with E-state index in [9.17, 15) is 4.79 Å². The number of benzene rings is 1. The molecule has 0 aliphatic heterocycles. The zero-order valence-electron chi connectivity index (χ0n) is 11.6. The second-order valence-corrected chi connectivity index (χ2v) is 4.17. The Balaban J connectivity index is 2.52. The highest BCUT2D eigenvalue weighted by Gasteiger charge is 2.09. The molecule has 1 aromatic carbocycles. The highest BCUT2D eigenvalue weighted by Crippen LogP contribution is 2.27. The van der Waals surface area contributed by atoms with Crippen molar-refractivity contribution in [3.8, 4) is 11.5 Å². The van der Waals surface area contributed by atoms with Crippen molar-refractivity contribution in [2.75, 3.05) is 27.3 Å². The number of nitrogens with two attached hydrogens (primary N) is 1. The SMILES string of the molecule is COc1ccc(C(=O)NCCCCCN)cc1OC. The second kappa shape index (κ2) is 8.37. The van der Waals surface area contributed by atoms with E-state index in [1.165, 1.54) is 0 Å². The lowest BCUT2D eigenvalue weighted by Gasteiger charge is -2.10. The molecule has 0 fully saturated rings. The summed E-state index contributed by atoms with van der Waals surface area (Å²) in [6, 6.07) is 5.12. The van der Waals surface area contributed by atoms with Crippen molar-refractivity contribution in [3.05, 3.63) is 23.8 Å². The molecule has 0 saturated carbocycles. The molecular formula is C14H22N2O3. The number of hydrogen-bond acceptors (Lipinski definition) is 4. The van der Waals surface area contributed by atoms with Crippen molar-refractivity contribution in [2.45, 2.75) is 19.3 Å². The van der Waals surface area contributed by atoms with E-state index in [2.05, 4.69) is 5.32 Å². The van der Waals surface area contributed by atoms with E-state index in [1.807, 2.05) is 0 Å². The predicted molar refractivity (Wildman–Crippen MR) is 74.8 cm³/mol. The third kappa shape index (κ3) is 4.79. The van der Waals surface area contributed by atoms with Gasteiger partial charge in [0.25, 0.3) is 5.91 Å². The number of rotatable bonds is 8. The maximum Gasteiger partial charge on any atom is 0.251 e. The second-order valence-electron chi connectivity index (χ2n) is 4.17. The van der Waals surface area contributed by atoms with Crippen molar-refractivity contribution < 1.29 is 14.3 Å². The van der Waals surface area contributed by atoms with Crippen molar-refractivity contribution in [1.82, 2.24) is 5.32 Å². The molecule has 0 spiro atoms. The molecule has 0 radical (unpaired) electrons. The van der Waals surface area contributed by atoms with Gasteiger partial charge in [0.15, 0.2) is 11.5 Å². The van der Waals surface area contributed by atoms with E-state index in [0.29, 0.717) is 30.2 Å². The maximum absolute atomic E-state index is 11.9. The van der Waals surface area contributed by atoms with E-state index < -0.39 is 0 Å². The number of methoxy groups -OCH3 is 2. The fourth-order valence-electron chi connectivity index (χ4n) is 1.73. The lowest BCUT2D eigenvalue weighted by Crippen LogP contribution is -2.24. The van der Waals surface area contributed by atoms with Crippen molar-refractivity contribution in [1.29, 1.82) is 0 Å². The first-order valence-corrected chi connectivity index (χ1v) is 6.43. The molecular weight excluding hydrogens is 244 g/mol. The average molecular weight is 266 g/mol. The number of unbranched alkanes of at least 4 members (excludes halogenated alkanes) is 2. The zero-order chi connectivity index (χ0) is 14.1. The van der Waals surface area contributed by atoms with Gasteiger partial charge in [0, 0.05) is 12.1 Å². The van der Waals surface area contributed by atoms with Crippen LogP contribution in [0, 0.1) is 0 Å². The lowest BCUT2D eigenvalue weighted by atomic mass is 10.2. The summed E-state index contributed by atoms with van der Waals surface area (Å²) < 4.78 is 10.3. The summed E-state index contributed by atoms with van der Waals surface area (Å²) in [5, 5.41) is 2.87.